The average Bonchev–Trinajstić information content (AvgIpc) is 2.96. The second kappa shape index (κ2) is 28.5. The number of hydrogen-bond donors (Lipinski definition) is 4. The van der Waals surface area contributed by atoms with Crippen LogP contribution < -0.4 is 10.6 Å². The summed E-state index contributed by atoms with van der Waals surface area (Å²) in [6, 6.07) is 0. The van der Waals surface area contributed by atoms with Gasteiger partial charge in [0, 0.05) is 52.4 Å². The van der Waals surface area contributed by atoms with E-state index in [4.69, 9.17) is 0 Å². The molecule has 2 atom stereocenters. The highest BCUT2D eigenvalue weighted by Gasteiger charge is 2.18. The number of likely N-dealkylation sites (N-methyl/N-ethyl adjacent to an activating group) is 3. The Balaban J connectivity index is 3.87. The van der Waals surface area contributed by atoms with E-state index in [0.29, 0.717) is 26.2 Å². The highest BCUT2D eigenvalue weighted by molar-refractivity contribution is 5.81. The molecule has 0 rings (SSSR count). The van der Waals surface area contributed by atoms with Crippen molar-refractivity contribution in [2.75, 3.05) is 73.5 Å². The molecule has 0 saturated heterocycles. The maximum Gasteiger partial charge on any atom is 0.250 e. The predicted octanol–water partition coefficient (Wildman–Crippen LogP) is 4.02. The number of amides is 2. The minimum atomic E-state index is -1.02. The molecule has 0 saturated carbocycles. The molecule has 2 amide bonds. The maximum absolute atomic E-state index is 12.2. The lowest BCUT2D eigenvalue weighted by atomic mass is 10.1. The Morgan fingerprint density at radius 3 is 1.12 bits per heavy atom. The van der Waals surface area contributed by atoms with Gasteiger partial charge in [0.1, 0.15) is 12.2 Å². The minimum Gasteiger partial charge on any atom is -0.382 e. The highest BCUT2D eigenvalue weighted by atomic mass is 16.3. The van der Waals surface area contributed by atoms with E-state index in [1.165, 1.54) is 77.0 Å². The summed E-state index contributed by atoms with van der Waals surface area (Å²) >= 11 is 0. The number of carbonyl (C=O) groups is 2. The molecule has 2 unspecified atom stereocenters. The molecule has 0 heterocycles. The fourth-order valence-corrected chi connectivity index (χ4v) is 4.91. The number of carbonyl (C=O) groups excluding carboxylic acids is 2. The van der Waals surface area contributed by atoms with E-state index < -0.39 is 12.2 Å². The number of nitrogens with one attached hydrogen (secondary N) is 2. The van der Waals surface area contributed by atoms with Gasteiger partial charge in [-0.2, -0.15) is 0 Å². The van der Waals surface area contributed by atoms with Crippen LogP contribution in [0.15, 0.2) is 0 Å². The third-order valence-electron chi connectivity index (χ3n) is 7.96. The summed E-state index contributed by atoms with van der Waals surface area (Å²) in [5.74, 6) is -0.583. The topological polar surface area (TPSA) is 108 Å². The molecule has 4 N–H and O–H groups in total. The normalized spacial score (nSPS) is 13.2. The Labute approximate surface area is 259 Å². The molecular formula is C33H69N5O4. The zero-order valence-electron chi connectivity index (χ0n) is 28.2. The standard InChI is InChI=1S/C33H69N5O4/c1-6-8-10-12-14-16-18-20-22-34-32(41)30(39)28-37(4)26-24-36(3)25-27-38(5)29-31(40)33(42)35-23-21-19-17-15-13-11-9-7-2/h30-31,39-40H,6-29H2,1-5H3,(H,34,41)(H,35,42). The molecule has 0 aromatic heterocycles. The largest absolute Gasteiger partial charge is 0.382 e. The van der Waals surface area contributed by atoms with E-state index in [1.54, 1.807) is 0 Å². The van der Waals surface area contributed by atoms with Crippen molar-refractivity contribution < 1.29 is 19.8 Å². The van der Waals surface area contributed by atoms with Crippen LogP contribution in [0.25, 0.3) is 0 Å². The van der Waals surface area contributed by atoms with E-state index in [9.17, 15) is 19.8 Å². The van der Waals surface area contributed by atoms with Crippen molar-refractivity contribution in [3.63, 3.8) is 0 Å². The average molecular weight is 600 g/mol. The van der Waals surface area contributed by atoms with Crippen molar-refractivity contribution in [1.29, 1.82) is 0 Å². The third-order valence-corrected chi connectivity index (χ3v) is 7.96. The van der Waals surface area contributed by atoms with Crippen LogP contribution in [0.5, 0.6) is 0 Å². The molecule has 250 valence electrons. The van der Waals surface area contributed by atoms with Gasteiger partial charge < -0.3 is 35.5 Å². The zero-order chi connectivity index (χ0) is 31.4. The minimum absolute atomic E-state index is 0.292. The molecule has 0 radical (unpaired) electrons. The van der Waals surface area contributed by atoms with E-state index in [1.807, 2.05) is 30.9 Å². The van der Waals surface area contributed by atoms with Crippen LogP contribution in [0, 0.1) is 0 Å². The molecule has 9 nitrogen and oxygen atoms in total. The molecule has 0 spiro atoms. The first-order valence-corrected chi connectivity index (χ1v) is 17.2. The molecule has 0 fully saturated rings. The lowest BCUT2D eigenvalue weighted by molar-refractivity contribution is -0.130. The summed E-state index contributed by atoms with van der Waals surface area (Å²) in [6.45, 7) is 9.35. The van der Waals surface area contributed by atoms with E-state index in [-0.39, 0.29) is 11.8 Å². The summed E-state index contributed by atoms with van der Waals surface area (Å²) in [6.07, 6.45) is 17.5. The van der Waals surface area contributed by atoms with Gasteiger partial charge in [-0.15, -0.1) is 0 Å². The first-order valence-electron chi connectivity index (χ1n) is 17.2. The first kappa shape index (κ1) is 40.7. The quantitative estimate of drug-likeness (QED) is 0.0924. The fourth-order valence-electron chi connectivity index (χ4n) is 4.91. The van der Waals surface area contributed by atoms with Crippen LogP contribution in [0.4, 0.5) is 0 Å². The predicted molar refractivity (Wildman–Crippen MR) is 176 cm³/mol. The Kier molecular flexibility index (Phi) is 27.7. The van der Waals surface area contributed by atoms with Gasteiger partial charge in [0.2, 0.25) is 11.8 Å². The van der Waals surface area contributed by atoms with Crippen molar-refractivity contribution in [2.24, 2.45) is 0 Å². The van der Waals surface area contributed by atoms with E-state index >= 15 is 0 Å². The molecule has 0 aromatic rings. The van der Waals surface area contributed by atoms with Crippen LogP contribution in [0.1, 0.15) is 117 Å². The Hall–Kier alpha value is -1.26. The summed E-state index contributed by atoms with van der Waals surface area (Å²) in [4.78, 5) is 30.6. The number of aliphatic hydroxyl groups excluding tert-OH is 2. The van der Waals surface area contributed by atoms with Gasteiger partial charge in [-0.05, 0) is 34.0 Å². The number of hydrogen-bond acceptors (Lipinski definition) is 7. The van der Waals surface area contributed by atoms with Crippen molar-refractivity contribution >= 4 is 11.8 Å². The molecule has 9 heteroatoms. The molecule has 0 aliphatic carbocycles. The lowest BCUT2D eigenvalue weighted by Crippen LogP contribution is -2.45. The summed E-state index contributed by atoms with van der Waals surface area (Å²) < 4.78 is 0. The summed E-state index contributed by atoms with van der Waals surface area (Å²) in [5.41, 5.74) is 0. The lowest BCUT2D eigenvalue weighted by Gasteiger charge is -2.26. The monoisotopic (exact) mass is 600 g/mol. The molecule has 0 aliphatic heterocycles. The van der Waals surface area contributed by atoms with Gasteiger partial charge >= 0.3 is 0 Å². The number of rotatable bonds is 30. The maximum atomic E-state index is 12.2. The van der Waals surface area contributed by atoms with E-state index in [2.05, 4.69) is 29.4 Å². The SMILES string of the molecule is CCCCCCCCCCNC(=O)C(O)CN(C)CCN(C)CCN(C)CC(O)C(=O)NCCCCCCCCCC. The molecule has 42 heavy (non-hydrogen) atoms. The van der Waals surface area contributed by atoms with Crippen LogP contribution in [0.2, 0.25) is 0 Å². The Morgan fingerprint density at radius 1 is 0.500 bits per heavy atom. The van der Waals surface area contributed by atoms with Crippen LogP contribution in [-0.2, 0) is 9.59 Å². The molecule has 0 bridgehead atoms. The van der Waals surface area contributed by atoms with Crippen molar-refractivity contribution in [2.45, 2.75) is 129 Å². The van der Waals surface area contributed by atoms with Crippen LogP contribution in [-0.4, -0.2) is 122 Å². The van der Waals surface area contributed by atoms with Gasteiger partial charge in [-0.1, -0.05) is 104 Å². The van der Waals surface area contributed by atoms with Gasteiger partial charge in [-0.3, -0.25) is 9.59 Å². The first-order chi connectivity index (χ1) is 20.2. The molecule has 0 aromatic carbocycles. The third kappa shape index (κ3) is 25.3. The number of aliphatic hydroxyl groups is 2. The van der Waals surface area contributed by atoms with Gasteiger partial charge in [0.25, 0.3) is 0 Å². The molecular weight excluding hydrogens is 530 g/mol. The number of nitrogens with zero attached hydrogens (tertiary/aromatic N) is 3. The second-order valence-electron chi connectivity index (χ2n) is 12.4. The summed E-state index contributed by atoms with van der Waals surface area (Å²) in [7, 11) is 5.86. The fraction of sp³-hybridized carbons (Fsp3) is 0.939. The van der Waals surface area contributed by atoms with Crippen LogP contribution in [0.3, 0.4) is 0 Å². The van der Waals surface area contributed by atoms with Crippen molar-refractivity contribution in [3.8, 4) is 0 Å². The van der Waals surface area contributed by atoms with Crippen molar-refractivity contribution in [3.05, 3.63) is 0 Å². The van der Waals surface area contributed by atoms with Crippen molar-refractivity contribution in [1.82, 2.24) is 25.3 Å². The Morgan fingerprint density at radius 2 is 0.786 bits per heavy atom. The van der Waals surface area contributed by atoms with Gasteiger partial charge in [0.05, 0.1) is 0 Å². The smallest absolute Gasteiger partial charge is 0.250 e. The van der Waals surface area contributed by atoms with E-state index in [0.717, 1.165) is 51.9 Å². The van der Waals surface area contributed by atoms with Gasteiger partial charge in [-0.25, -0.2) is 0 Å². The summed E-state index contributed by atoms with van der Waals surface area (Å²) in [5, 5.41) is 26.3. The Bertz CT molecular complexity index is 588. The number of unbranched alkanes of at least 4 members (excludes halogenated alkanes) is 14. The highest BCUT2D eigenvalue weighted by Crippen LogP contribution is 2.09. The van der Waals surface area contributed by atoms with Gasteiger partial charge in [0.15, 0.2) is 0 Å². The van der Waals surface area contributed by atoms with Crippen LogP contribution >= 0.6 is 0 Å². The zero-order valence-corrected chi connectivity index (χ0v) is 28.2. The second-order valence-corrected chi connectivity index (χ2v) is 12.4. The molecule has 0 aliphatic rings.